The first-order chi connectivity index (χ1) is 6.41. The van der Waals surface area contributed by atoms with Crippen LogP contribution in [0.25, 0.3) is 0 Å². The van der Waals surface area contributed by atoms with Gasteiger partial charge >= 0.3 is 14.8 Å². The number of para-hydroxylation sites is 1. The molecule has 0 aromatic heterocycles. The van der Waals surface area contributed by atoms with Crippen LogP contribution in [-0.4, -0.2) is 9.79 Å². The summed E-state index contributed by atoms with van der Waals surface area (Å²) in [5, 5.41) is 0. The predicted molar refractivity (Wildman–Crippen MR) is 43.4 cm³/mol. The van der Waals surface area contributed by atoms with E-state index in [0.717, 1.165) is 12.1 Å². The maximum Gasteiger partial charge on any atom is 0.419 e. The second kappa shape index (κ2) is 5.76. The van der Waals surface area contributed by atoms with Gasteiger partial charge < -0.3 is 14.3 Å². The molecule has 0 aliphatic carbocycles. The minimum atomic E-state index is -4.57. The third-order valence-electron chi connectivity index (χ3n) is 1.37. The van der Waals surface area contributed by atoms with Gasteiger partial charge in [-0.05, 0) is 12.1 Å². The summed E-state index contributed by atoms with van der Waals surface area (Å²) < 4.78 is 41.0. The van der Waals surface area contributed by atoms with Crippen LogP contribution in [0.3, 0.4) is 0 Å². The molecule has 0 fully saturated rings. The molecule has 2 N–H and O–H groups in total. The quantitative estimate of drug-likeness (QED) is 0.647. The van der Waals surface area contributed by atoms with Gasteiger partial charge in [0.1, 0.15) is 5.75 Å². The Kier molecular flexibility index (Phi) is 5.67. The van der Waals surface area contributed by atoms with E-state index in [4.69, 9.17) is 9.79 Å². The number of hydrogen-bond acceptors (Lipinski definition) is 3. The normalized spacial score (nSPS) is 11.1. The van der Waals surface area contributed by atoms with Crippen molar-refractivity contribution in [3.8, 4) is 5.75 Å². The number of benzene rings is 1. The number of alkyl halides is 3. The fourth-order valence-electron chi connectivity index (χ4n) is 0.868. The fraction of sp³-hybridized carbons (Fsp3) is 0.143. The molecule has 1 aromatic rings. The molecule has 1 aromatic carbocycles. The minimum Gasteiger partial charge on any atom is -0.426 e. The van der Waals surface area contributed by atoms with Gasteiger partial charge in [0.15, 0.2) is 0 Å². The molecule has 1 rings (SSSR count). The van der Waals surface area contributed by atoms with E-state index in [1.165, 1.54) is 12.1 Å². The Bertz CT molecular complexity index is 319. The van der Waals surface area contributed by atoms with Gasteiger partial charge in [-0.1, -0.05) is 12.1 Å². The van der Waals surface area contributed by atoms with Crippen molar-refractivity contribution < 1.29 is 47.0 Å². The van der Waals surface area contributed by atoms with E-state index in [9.17, 15) is 13.2 Å². The van der Waals surface area contributed by atoms with Crippen LogP contribution in [0.4, 0.5) is 13.2 Å². The first kappa shape index (κ1) is 14.8. The third-order valence-corrected chi connectivity index (χ3v) is 1.73. The van der Waals surface area contributed by atoms with Gasteiger partial charge in [-0.2, -0.15) is 13.2 Å². The summed E-state index contributed by atoms with van der Waals surface area (Å²) in [7, 11) is -2.84. The molecule has 3 nitrogen and oxygen atoms in total. The Morgan fingerprint density at radius 1 is 1.13 bits per heavy atom. The molecule has 0 radical (unpaired) electrons. The van der Waals surface area contributed by atoms with E-state index in [-0.39, 0.29) is 19.5 Å². The maximum absolute atomic E-state index is 12.3. The van der Waals surface area contributed by atoms with Crippen molar-refractivity contribution in [1.29, 1.82) is 0 Å². The zero-order valence-electron chi connectivity index (χ0n) is 7.05. The molecular weight excluding hydrogens is 321 g/mol. The molecule has 0 aliphatic heterocycles. The first-order valence-electron chi connectivity index (χ1n) is 3.43. The Morgan fingerprint density at radius 3 is 2.13 bits per heavy atom. The Labute approximate surface area is 97.6 Å². The zero-order chi connectivity index (χ0) is 10.8. The van der Waals surface area contributed by atoms with Gasteiger partial charge in [0, 0.05) is 19.5 Å². The van der Waals surface area contributed by atoms with Crippen molar-refractivity contribution in [3.63, 3.8) is 0 Å². The summed E-state index contributed by atoms with van der Waals surface area (Å²) in [5.41, 5.74) is -1.03. The van der Waals surface area contributed by atoms with Crippen molar-refractivity contribution in [2.24, 2.45) is 0 Å². The van der Waals surface area contributed by atoms with Gasteiger partial charge in [0.05, 0.1) is 5.56 Å². The SMILES string of the molecule is OP(O)Oc1ccccc1C(F)(F)F.[Ru]. The fourth-order valence-corrected chi connectivity index (χ4v) is 1.20. The molecule has 0 bridgehead atoms. The van der Waals surface area contributed by atoms with Gasteiger partial charge in [0.25, 0.3) is 0 Å². The summed E-state index contributed by atoms with van der Waals surface area (Å²) in [4.78, 5) is 16.9. The molecule has 0 saturated carbocycles. The summed E-state index contributed by atoms with van der Waals surface area (Å²) in [5.74, 6) is -0.587. The van der Waals surface area contributed by atoms with Crippen LogP contribution in [0.5, 0.6) is 5.75 Å². The summed E-state index contributed by atoms with van der Waals surface area (Å²) >= 11 is 0. The minimum absolute atomic E-state index is 0. The molecular formula is C7H6F3O3PRu. The van der Waals surface area contributed by atoms with Crippen LogP contribution < -0.4 is 4.52 Å². The predicted octanol–water partition coefficient (Wildman–Crippen LogP) is 2.29. The molecule has 0 atom stereocenters. The topological polar surface area (TPSA) is 49.7 Å². The molecule has 0 spiro atoms. The van der Waals surface area contributed by atoms with E-state index < -0.39 is 26.1 Å². The smallest absolute Gasteiger partial charge is 0.419 e. The van der Waals surface area contributed by atoms with Crippen molar-refractivity contribution in [2.45, 2.75) is 6.18 Å². The van der Waals surface area contributed by atoms with E-state index >= 15 is 0 Å². The second-order valence-corrected chi connectivity index (χ2v) is 3.03. The Hall–Kier alpha value is -0.217. The van der Waals surface area contributed by atoms with Gasteiger partial charge in [-0.15, -0.1) is 0 Å². The van der Waals surface area contributed by atoms with Crippen LogP contribution in [-0.2, 0) is 25.7 Å². The largest absolute Gasteiger partial charge is 0.426 e. The van der Waals surface area contributed by atoms with Crippen molar-refractivity contribution in [2.75, 3.05) is 0 Å². The van der Waals surface area contributed by atoms with E-state index in [2.05, 4.69) is 4.52 Å². The monoisotopic (exact) mass is 328 g/mol. The van der Waals surface area contributed by atoms with Gasteiger partial charge in [-0.25, -0.2) is 0 Å². The van der Waals surface area contributed by atoms with Crippen LogP contribution in [0.15, 0.2) is 24.3 Å². The second-order valence-electron chi connectivity index (χ2n) is 2.34. The van der Waals surface area contributed by atoms with E-state index in [1.807, 2.05) is 0 Å². The molecule has 0 aliphatic rings. The molecule has 8 heteroatoms. The summed E-state index contributed by atoms with van der Waals surface area (Å²) in [6.07, 6.45) is -4.57. The van der Waals surface area contributed by atoms with Crippen LogP contribution in [0, 0.1) is 0 Å². The van der Waals surface area contributed by atoms with E-state index in [1.54, 1.807) is 0 Å². The number of halogens is 3. The van der Waals surface area contributed by atoms with Crippen LogP contribution in [0.1, 0.15) is 5.56 Å². The van der Waals surface area contributed by atoms with Crippen molar-refractivity contribution in [1.82, 2.24) is 0 Å². The molecule has 0 heterocycles. The number of rotatable bonds is 2. The van der Waals surface area contributed by atoms with E-state index in [0.29, 0.717) is 0 Å². The zero-order valence-corrected chi connectivity index (χ0v) is 9.68. The number of hydrogen-bond donors (Lipinski definition) is 2. The molecule has 15 heavy (non-hydrogen) atoms. The van der Waals surface area contributed by atoms with Crippen LogP contribution in [0.2, 0.25) is 0 Å². The standard InChI is InChI=1S/C7H6F3O3P.Ru/c8-7(9,10)5-3-1-2-4-6(5)13-14(11)12;/h1-4,11-12H;. The third kappa shape index (κ3) is 4.43. The summed E-state index contributed by atoms with van der Waals surface area (Å²) in [6, 6.07) is 4.31. The molecule has 0 saturated heterocycles. The van der Waals surface area contributed by atoms with Crippen molar-refractivity contribution in [3.05, 3.63) is 29.8 Å². The molecule has 0 amide bonds. The molecule has 86 valence electrons. The van der Waals surface area contributed by atoms with Crippen LogP contribution >= 0.6 is 8.60 Å². The molecule has 0 unspecified atom stereocenters. The Balaban J connectivity index is 0.00000196. The Morgan fingerprint density at radius 2 is 1.67 bits per heavy atom. The first-order valence-corrected chi connectivity index (χ1v) is 4.60. The van der Waals surface area contributed by atoms with Gasteiger partial charge in [-0.3, -0.25) is 0 Å². The maximum atomic E-state index is 12.3. The average Bonchev–Trinajstić information content (AvgIpc) is 2.01. The summed E-state index contributed by atoms with van der Waals surface area (Å²) in [6.45, 7) is 0. The van der Waals surface area contributed by atoms with Gasteiger partial charge in [0.2, 0.25) is 0 Å². The average molecular weight is 327 g/mol. The van der Waals surface area contributed by atoms with Crippen molar-refractivity contribution >= 4 is 8.60 Å².